The molecule has 3 N–H and O–H groups in total. The summed E-state index contributed by atoms with van der Waals surface area (Å²) in [4.78, 5) is 12.1. The van der Waals surface area contributed by atoms with Crippen molar-refractivity contribution in [2.75, 3.05) is 7.11 Å². The minimum atomic E-state index is -0.259. The molecule has 0 radical (unpaired) electrons. The summed E-state index contributed by atoms with van der Waals surface area (Å²) in [7, 11) is 1.64. The number of nitrogens with two attached hydrogens (primary N) is 1. The third kappa shape index (κ3) is 2.16. The highest BCUT2D eigenvalue weighted by Crippen LogP contribution is 2.28. The lowest BCUT2D eigenvalue weighted by molar-refractivity contribution is 0.415. The molecule has 0 saturated carbocycles. The van der Waals surface area contributed by atoms with Crippen molar-refractivity contribution in [2.24, 2.45) is 5.73 Å². The molecule has 6 heteroatoms. The number of ether oxygens (including phenoxy) is 1. The van der Waals surface area contributed by atoms with Crippen LogP contribution in [0.4, 0.5) is 0 Å². The number of nitrogens with zero attached hydrogens (tertiary/aromatic N) is 2. The third-order valence-electron chi connectivity index (χ3n) is 4.23. The Kier molecular flexibility index (Phi) is 3.32. The summed E-state index contributed by atoms with van der Waals surface area (Å²) in [5.41, 5.74) is 9.96. The lowest BCUT2D eigenvalue weighted by Gasteiger charge is -2.09. The SMILES string of the molecule is COc1ccc(-c2ccc3c(CN)cc4n[nH]c(=O)n4c3c2)cc1. The Morgan fingerprint density at radius 3 is 2.58 bits per heavy atom. The lowest BCUT2D eigenvalue weighted by atomic mass is 10.0. The lowest BCUT2D eigenvalue weighted by Crippen LogP contribution is -2.11. The number of aromatic nitrogens is 3. The van der Waals surface area contributed by atoms with Crippen molar-refractivity contribution in [1.82, 2.24) is 14.6 Å². The molecular weight excluding hydrogens is 304 g/mol. The van der Waals surface area contributed by atoms with Crippen LogP contribution in [0.25, 0.3) is 27.7 Å². The molecule has 0 fully saturated rings. The number of fused-ring (bicyclic) bond motifs is 3. The van der Waals surface area contributed by atoms with E-state index in [-0.39, 0.29) is 5.69 Å². The maximum atomic E-state index is 12.1. The molecule has 4 rings (SSSR count). The minimum Gasteiger partial charge on any atom is -0.497 e. The fourth-order valence-electron chi connectivity index (χ4n) is 2.99. The van der Waals surface area contributed by atoms with Crippen molar-refractivity contribution < 1.29 is 4.74 Å². The van der Waals surface area contributed by atoms with Crippen LogP contribution >= 0.6 is 0 Å². The molecule has 0 spiro atoms. The van der Waals surface area contributed by atoms with Gasteiger partial charge in [-0.05, 0) is 41.0 Å². The molecule has 6 nitrogen and oxygen atoms in total. The standard InChI is InChI=1S/C18H16N4O2/c1-24-14-5-2-11(3-6-14)12-4-7-15-13(10-19)9-17-20-21-18(23)22(17)16(15)8-12/h2-9H,10,19H2,1H3,(H,21,23). The first-order chi connectivity index (χ1) is 11.7. The van der Waals surface area contributed by atoms with Crippen LogP contribution in [0.15, 0.2) is 53.3 Å². The van der Waals surface area contributed by atoms with E-state index in [9.17, 15) is 4.79 Å². The first-order valence-electron chi connectivity index (χ1n) is 7.58. The first kappa shape index (κ1) is 14.5. The monoisotopic (exact) mass is 320 g/mol. The second-order valence-electron chi connectivity index (χ2n) is 5.56. The highest BCUT2D eigenvalue weighted by Gasteiger charge is 2.11. The van der Waals surface area contributed by atoms with E-state index < -0.39 is 0 Å². The summed E-state index contributed by atoms with van der Waals surface area (Å²) in [5, 5.41) is 7.50. The molecule has 0 bridgehead atoms. The number of methoxy groups -OCH3 is 1. The predicted molar refractivity (Wildman–Crippen MR) is 93.2 cm³/mol. The quantitative estimate of drug-likeness (QED) is 0.606. The van der Waals surface area contributed by atoms with Gasteiger partial charge >= 0.3 is 5.69 Å². The van der Waals surface area contributed by atoms with Crippen molar-refractivity contribution in [3.8, 4) is 16.9 Å². The predicted octanol–water partition coefficient (Wildman–Crippen LogP) is 2.31. The van der Waals surface area contributed by atoms with Gasteiger partial charge in [-0.3, -0.25) is 0 Å². The van der Waals surface area contributed by atoms with Gasteiger partial charge in [-0.1, -0.05) is 24.3 Å². The molecule has 0 aliphatic carbocycles. The second-order valence-corrected chi connectivity index (χ2v) is 5.56. The van der Waals surface area contributed by atoms with Crippen LogP contribution < -0.4 is 16.2 Å². The number of rotatable bonds is 3. The van der Waals surface area contributed by atoms with E-state index in [1.165, 1.54) is 0 Å². The number of hydrogen-bond acceptors (Lipinski definition) is 4. The van der Waals surface area contributed by atoms with Gasteiger partial charge in [0.15, 0.2) is 5.65 Å². The molecule has 24 heavy (non-hydrogen) atoms. The summed E-state index contributed by atoms with van der Waals surface area (Å²) >= 11 is 0. The molecule has 0 atom stereocenters. The largest absolute Gasteiger partial charge is 0.497 e. The molecule has 0 amide bonds. The van der Waals surface area contributed by atoms with Crippen molar-refractivity contribution >= 4 is 16.6 Å². The highest BCUT2D eigenvalue weighted by atomic mass is 16.5. The molecule has 0 saturated heterocycles. The average Bonchev–Trinajstić information content (AvgIpc) is 3.01. The van der Waals surface area contributed by atoms with Crippen LogP contribution in [-0.2, 0) is 6.54 Å². The number of aromatic amines is 1. The van der Waals surface area contributed by atoms with Crippen LogP contribution in [-0.4, -0.2) is 21.7 Å². The van der Waals surface area contributed by atoms with Crippen LogP contribution in [0, 0.1) is 0 Å². The smallest absolute Gasteiger partial charge is 0.348 e. The van der Waals surface area contributed by atoms with E-state index in [2.05, 4.69) is 10.2 Å². The summed E-state index contributed by atoms with van der Waals surface area (Å²) in [6.45, 7) is 0.385. The van der Waals surface area contributed by atoms with Crippen LogP contribution in [0.5, 0.6) is 5.75 Å². The Morgan fingerprint density at radius 2 is 1.88 bits per heavy atom. The topological polar surface area (TPSA) is 85.4 Å². The fourth-order valence-corrected chi connectivity index (χ4v) is 2.99. The second kappa shape index (κ2) is 5.50. The molecule has 0 unspecified atom stereocenters. The Hall–Kier alpha value is -3.12. The molecule has 0 aliphatic heterocycles. The van der Waals surface area contributed by atoms with Gasteiger partial charge in [0.25, 0.3) is 0 Å². The first-order valence-corrected chi connectivity index (χ1v) is 7.58. The zero-order valence-electron chi connectivity index (χ0n) is 13.1. The van der Waals surface area contributed by atoms with Gasteiger partial charge in [0, 0.05) is 11.9 Å². The van der Waals surface area contributed by atoms with E-state index in [0.29, 0.717) is 12.2 Å². The number of hydrogen-bond donors (Lipinski definition) is 2. The molecule has 2 aromatic carbocycles. The van der Waals surface area contributed by atoms with Crippen LogP contribution in [0.3, 0.4) is 0 Å². The molecule has 2 heterocycles. The minimum absolute atomic E-state index is 0.259. The number of benzene rings is 2. The zero-order chi connectivity index (χ0) is 16.7. The molecule has 120 valence electrons. The Labute approximate surface area is 137 Å². The van der Waals surface area contributed by atoms with Gasteiger partial charge in [0.2, 0.25) is 0 Å². The van der Waals surface area contributed by atoms with E-state index in [1.54, 1.807) is 11.5 Å². The van der Waals surface area contributed by atoms with Gasteiger partial charge < -0.3 is 10.5 Å². The maximum absolute atomic E-state index is 12.1. The number of H-pyrrole nitrogens is 1. The Morgan fingerprint density at radius 1 is 1.12 bits per heavy atom. The molecule has 4 aromatic rings. The van der Waals surface area contributed by atoms with Gasteiger partial charge in [0.1, 0.15) is 5.75 Å². The van der Waals surface area contributed by atoms with Crippen molar-refractivity contribution in [2.45, 2.75) is 6.54 Å². The average molecular weight is 320 g/mol. The number of pyridine rings is 1. The van der Waals surface area contributed by atoms with E-state index >= 15 is 0 Å². The van der Waals surface area contributed by atoms with Gasteiger partial charge in [-0.2, -0.15) is 5.10 Å². The maximum Gasteiger partial charge on any atom is 0.348 e. The highest BCUT2D eigenvalue weighted by molar-refractivity contribution is 5.89. The van der Waals surface area contributed by atoms with Gasteiger partial charge in [0.05, 0.1) is 12.6 Å². The Bertz CT molecular complexity index is 1090. The van der Waals surface area contributed by atoms with Crippen molar-refractivity contribution in [3.05, 3.63) is 64.6 Å². The van der Waals surface area contributed by atoms with Gasteiger partial charge in [-0.25, -0.2) is 14.3 Å². The summed E-state index contributed by atoms with van der Waals surface area (Å²) in [6.07, 6.45) is 0. The van der Waals surface area contributed by atoms with E-state index in [0.717, 1.165) is 33.3 Å². The summed E-state index contributed by atoms with van der Waals surface area (Å²) < 4.78 is 6.77. The summed E-state index contributed by atoms with van der Waals surface area (Å²) in [6, 6.07) is 15.7. The number of nitrogens with one attached hydrogen (secondary N) is 1. The molecule has 0 aliphatic rings. The van der Waals surface area contributed by atoms with E-state index in [4.69, 9.17) is 10.5 Å². The van der Waals surface area contributed by atoms with Crippen LogP contribution in [0.1, 0.15) is 5.56 Å². The normalized spacial score (nSPS) is 11.2. The third-order valence-corrected chi connectivity index (χ3v) is 4.23. The molecular formula is C18H16N4O2. The van der Waals surface area contributed by atoms with Crippen molar-refractivity contribution in [1.29, 1.82) is 0 Å². The van der Waals surface area contributed by atoms with Gasteiger partial charge in [-0.15, -0.1) is 0 Å². The zero-order valence-corrected chi connectivity index (χ0v) is 13.1. The fraction of sp³-hybridized carbons (Fsp3) is 0.111. The molecule has 2 aromatic heterocycles. The Balaban J connectivity index is 2.00. The van der Waals surface area contributed by atoms with Crippen LogP contribution in [0.2, 0.25) is 0 Å². The summed E-state index contributed by atoms with van der Waals surface area (Å²) in [5.74, 6) is 0.804. The van der Waals surface area contributed by atoms with E-state index in [1.807, 2.05) is 48.5 Å². The van der Waals surface area contributed by atoms with Crippen molar-refractivity contribution in [3.63, 3.8) is 0 Å².